The highest BCUT2D eigenvalue weighted by atomic mass is 16.3. The predicted molar refractivity (Wildman–Crippen MR) is 130 cm³/mol. The maximum Gasteiger partial charge on any atom is 0.252 e. The van der Waals surface area contributed by atoms with Crippen molar-refractivity contribution in [2.24, 2.45) is 0 Å². The first-order chi connectivity index (χ1) is 16.6. The number of para-hydroxylation sites is 1. The number of aromatic amines is 1. The molecule has 5 rings (SSSR count). The number of nitrogens with zero attached hydrogens (tertiary/aromatic N) is 5. The molecule has 8 nitrogen and oxygen atoms in total. The van der Waals surface area contributed by atoms with Crippen LogP contribution in [0.1, 0.15) is 74.2 Å². The average Bonchev–Trinajstić information content (AvgIpc) is 3.53. The molecule has 0 unspecified atom stereocenters. The van der Waals surface area contributed by atoms with E-state index in [1.807, 2.05) is 35.9 Å². The highest BCUT2D eigenvalue weighted by Gasteiger charge is 2.32. The lowest BCUT2D eigenvalue weighted by Crippen LogP contribution is -2.41. The number of H-pyrrole nitrogens is 1. The molecule has 0 spiro atoms. The fourth-order valence-electron chi connectivity index (χ4n) is 5.33. The zero-order chi connectivity index (χ0) is 23.5. The molecule has 3 aromatic heterocycles. The van der Waals surface area contributed by atoms with Crippen LogP contribution in [0, 0.1) is 6.92 Å². The summed E-state index contributed by atoms with van der Waals surface area (Å²) in [6, 6.07) is 12.4. The number of rotatable bonds is 8. The first-order valence-corrected chi connectivity index (χ1v) is 12.3. The van der Waals surface area contributed by atoms with Gasteiger partial charge in [0.15, 0.2) is 5.82 Å². The van der Waals surface area contributed by atoms with Crippen molar-refractivity contribution in [1.82, 2.24) is 30.1 Å². The van der Waals surface area contributed by atoms with E-state index < -0.39 is 0 Å². The van der Waals surface area contributed by atoms with E-state index in [4.69, 9.17) is 4.42 Å². The summed E-state index contributed by atoms with van der Waals surface area (Å²) in [6.45, 7) is 5.24. The molecular weight excluding hydrogens is 428 g/mol. The minimum Gasteiger partial charge on any atom is -0.467 e. The van der Waals surface area contributed by atoms with Gasteiger partial charge < -0.3 is 9.40 Å². The Labute approximate surface area is 199 Å². The van der Waals surface area contributed by atoms with Crippen molar-refractivity contribution in [3.63, 3.8) is 0 Å². The topological polar surface area (TPSA) is 92.8 Å². The van der Waals surface area contributed by atoms with Gasteiger partial charge in [0, 0.05) is 18.2 Å². The van der Waals surface area contributed by atoms with Crippen LogP contribution in [-0.4, -0.2) is 36.1 Å². The Hall–Kier alpha value is -3.26. The van der Waals surface area contributed by atoms with E-state index >= 15 is 0 Å². The van der Waals surface area contributed by atoms with E-state index in [1.165, 1.54) is 19.3 Å². The molecule has 3 heterocycles. The maximum absolute atomic E-state index is 13.1. The molecule has 0 amide bonds. The molecule has 0 bridgehead atoms. The zero-order valence-corrected chi connectivity index (χ0v) is 19.9. The van der Waals surface area contributed by atoms with E-state index in [9.17, 15) is 4.79 Å². The second kappa shape index (κ2) is 9.93. The Morgan fingerprint density at radius 1 is 1.21 bits per heavy atom. The largest absolute Gasteiger partial charge is 0.467 e. The number of nitrogens with one attached hydrogen (secondary N) is 1. The molecular formula is C26H32N6O2. The second-order valence-electron chi connectivity index (χ2n) is 9.33. The number of furan rings is 1. The van der Waals surface area contributed by atoms with Crippen LogP contribution in [0.5, 0.6) is 0 Å². The van der Waals surface area contributed by atoms with Crippen LogP contribution < -0.4 is 5.56 Å². The van der Waals surface area contributed by atoms with Gasteiger partial charge in [0.05, 0.1) is 17.8 Å². The van der Waals surface area contributed by atoms with Crippen molar-refractivity contribution in [1.29, 1.82) is 0 Å². The SMILES string of the molecule is CC[C@@H](c1nnnn1Cc1ccco1)N(Cc1cc2cccc(C)c2[nH]c1=O)C1CCCCC1. The van der Waals surface area contributed by atoms with E-state index in [0.717, 1.165) is 52.9 Å². The molecule has 4 aromatic rings. The van der Waals surface area contributed by atoms with Crippen LogP contribution in [0.15, 0.2) is 51.9 Å². The quantitative estimate of drug-likeness (QED) is 0.408. The van der Waals surface area contributed by atoms with Gasteiger partial charge in [-0.15, -0.1) is 5.10 Å². The third-order valence-corrected chi connectivity index (χ3v) is 7.09. The number of tetrazole rings is 1. The van der Waals surface area contributed by atoms with E-state index in [0.29, 0.717) is 19.1 Å². The molecule has 1 atom stereocenters. The number of hydrogen-bond donors (Lipinski definition) is 1. The molecule has 1 aliphatic rings. The van der Waals surface area contributed by atoms with Crippen LogP contribution in [0.2, 0.25) is 0 Å². The lowest BCUT2D eigenvalue weighted by Gasteiger charge is -2.39. The van der Waals surface area contributed by atoms with E-state index in [2.05, 4.69) is 44.5 Å². The van der Waals surface area contributed by atoms with Crippen molar-refractivity contribution in [2.75, 3.05) is 0 Å². The Bertz CT molecular complexity index is 1290. The Morgan fingerprint density at radius 3 is 2.82 bits per heavy atom. The smallest absolute Gasteiger partial charge is 0.252 e. The van der Waals surface area contributed by atoms with Crippen LogP contribution in [0.4, 0.5) is 0 Å². The zero-order valence-electron chi connectivity index (χ0n) is 19.9. The fraction of sp³-hybridized carbons (Fsp3) is 0.462. The number of benzene rings is 1. The lowest BCUT2D eigenvalue weighted by molar-refractivity contribution is 0.0842. The average molecular weight is 461 g/mol. The van der Waals surface area contributed by atoms with E-state index in [-0.39, 0.29) is 11.6 Å². The summed E-state index contributed by atoms with van der Waals surface area (Å²) in [7, 11) is 0. The molecule has 8 heteroatoms. The van der Waals surface area contributed by atoms with Crippen LogP contribution in [0.3, 0.4) is 0 Å². The molecule has 1 fully saturated rings. The highest BCUT2D eigenvalue weighted by Crippen LogP contribution is 2.33. The Kier molecular flexibility index (Phi) is 6.58. The standard InChI is InChI=1S/C26H32N6O2/c1-3-23(25-28-29-30-32(25)17-22-13-8-14-34-22)31(21-11-5-4-6-12-21)16-20-15-19-10-7-9-18(2)24(19)27-26(20)33/h7-10,13-15,21,23H,3-6,11-12,16-17H2,1-2H3,(H,27,33)/t23-/m0/s1. The minimum atomic E-state index is -0.0207. The molecule has 1 aliphatic carbocycles. The van der Waals surface area contributed by atoms with Gasteiger partial charge in [-0.2, -0.15) is 0 Å². The van der Waals surface area contributed by atoms with Crippen LogP contribution in [-0.2, 0) is 13.1 Å². The van der Waals surface area contributed by atoms with Crippen molar-refractivity contribution < 1.29 is 4.42 Å². The summed E-state index contributed by atoms with van der Waals surface area (Å²) in [5.74, 6) is 1.63. The van der Waals surface area contributed by atoms with Crippen LogP contribution in [0.25, 0.3) is 10.9 Å². The van der Waals surface area contributed by atoms with E-state index in [1.54, 1.807) is 6.26 Å². The number of fused-ring (bicyclic) bond motifs is 1. The highest BCUT2D eigenvalue weighted by molar-refractivity contribution is 5.81. The van der Waals surface area contributed by atoms with Gasteiger partial charge in [-0.3, -0.25) is 9.69 Å². The number of hydrogen-bond acceptors (Lipinski definition) is 6. The van der Waals surface area contributed by atoms with Gasteiger partial charge in [-0.25, -0.2) is 4.68 Å². The predicted octanol–water partition coefficient (Wildman–Crippen LogP) is 4.75. The third-order valence-electron chi connectivity index (χ3n) is 7.09. The molecule has 1 saturated carbocycles. The monoisotopic (exact) mass is 460 g/mol. The van der Waals surface area contributed by atoms with Gasteiger partial charge in [0.1, 0.15) is 12.3 Å². The molecule has 34 heavy (non-hydrogen) atoms. The Morgan fingerprint density at radius 2 is 2.06 bits per heavy atom. The number of aromatic nitrogens is 5. The molecule has 0 saturated heterocycles. The summed E-state index contributed by atoms with van der Waals surface area (Å²) in [5, 5.41) is 13.8. The normalized spacial score (nSPS) is 15.9. The molecule has 0 aliphatic heterocycles. The summed E-state index contributed by atoms with van der Waals surface area (Å²) < 4.78 is 7.37. The van der Waals surface area contributed by atoms with Gasteiger partial charge in [-0.05, 0) is 65.8 Å². The molecule has 1 aromatic carbocycles. The third kappa shape index (κ3) is 4.55. The van der Waals surface area contributed by atoms with Gasteiger partial charge in [0.25, 0.3) is 5.56 Å². The van der Waals surface area contributed by atoms with Gasteiger partial charge >= 0.3 is 0 Å². The van der Waals surface area contributed by atoms with Crippen molar-refractivity contribution in [3.05, 3.63) is 75.7 Å². The summed E-state index contributed by atoms with van der Waals surface area (Å²) >= 11 is 0. The maximum atomic E-state index is 13.1. The van der Waals surface area contributed by atoms with Crippen molar-refractivity contribution >= 4 is 10.9 Å². The molecule has 0 radical (unpaired) electrons. The number of pyridine rings is 1. The summed E-state index contributed by atoms with van der Waals surface area (Å²) in [6.07, 6.45) is 8.46. The molecule has 1 N–H and O–H groups in total. The van der Waals surface area contributed by atoms with Crippen molar-refractivity contribution in [2.45, 2.75) is 77.5 Å². The van der Waals surface area contributed by atoms with Crippen molar-refractivity contribution in [3.8, 4) is 0 Å². The van der Waals surface area contributed by atoms with Crippen LogP contribution >= 0.6 is 0 Å². The van der Waals surface area contributed by atoms with Gasteiger partial charge in [0.2, 0.25) is 0 Å². The lowest BCUT2D eigenvalue weighted by atomic mass is 9.92. The van der Waals surface area contributed by atoms with Gasteiger partial charge in [-0.1, -0.05) is 44.4 Å². The first-order valence-electron chi connectivity index (χ1n) is 12.3. The minimum absolute atomic E-state index is 0.000619. The summed E-state index contributed by atoms with van der Waals surface area (Å²) in [4.78, 5) is 18.7. The molecule has 178 valence electrons. The fourth-order valence-corrected chi connectivity index (χ4v) is 5.33. The second-order valence-corrected chi connectivity index (χ2v) is 9.33. The first kappa shape index (κ1) is 22.5. The number of aryl methyl sites for hydroxylation is 1. The summed E-state index contributed by atoms with van der Waals surface area (Å²) in [5.41, 5.74) is 2.75. The Balaban J connectivity index is 1.51.